The first-order valence-electron chi connectivity index (χ1n) is 6.96. The van der Waals surface area contributed by atoms with Crippen molar-refractivity contribution in [2.45, 2.75) is 19.8 Å². The van der Waals surface area contributed by atoms with Crippen LogP contribution in [0, 0.1) is 0 Å². The number of phenols is 3. The molecule has 0 saturated carbocycles. The van der Waals surface area contributed by atoms with Gasteiger partial charge >= 0.3 is 0 Å². The van der Waals surface area contributed by atoms with E-state index in [0.29, 0.717) is 18.4 Å². The van der Waals surface area contributed by atoms with Gasteiger partial charge in [-0.1, -0.05) is 25.5 Å². The standard InChI is InChI=1S/C17H14O5/c1-2-4-8-7-11(19)13-14(15(8)20)16(21)9-5-3-6-10(18)12(9)17(13)22/h3,5-7,18-20H,2,4H2,1H3. The molecule has 2 aromatic rings. The number of phenolic OH excluding ortho intramolecular Hbond substituents is 3. The predicted molar refractivity (Wildman–Crippen MR) is 78.7 cm³/mol. The van der Waals surface area contributed by atoms with Crippen LogP contribution >= 0.6 is 0 Å². The molecule has 0 aromatic heterocycles. The Balaban J connectivity index is 2.35. The first kappa shape index (κ1) is 14.1. The van der Waals surface area contributed by atoms with Gasteiger partial charge in [-0.2, -0.15) is 0 Å². The fraction of sp³-hybridized carbons (Fsp3) is 0.176. The van der Waals surface area contributed by atoms with Crippen molar-refractivity contribution < 1.29 is 24.9 Å². The van der Waals surface area contributed by atoms with Crippen molar-refractivity contribution in [2.75, 3.05) is 0 Å². The zero-order valence-electron chi connectivity index (χ0n) is 11.9. The van der Waals surface area contributed by atoms with Crippen molar-refractivity contribution in [3.8, 4) is 17.2 Å². The molecule has 3 N–H and O–H groups in total. The Labute approximate surface area is 126 Å². The second-order valence-electron chi connectivity index (χ2n) is 5.26. The maximum atomic E-state index is 12.6. The van der Waals surface area contributed by atoms with Gasteiger partial charge in [-0.25, -0.2) is 0 Å². The molecule has 2 aromatic carbocycles. The number of fused-ring (bicyclic) bond motifs is 2. The van der Waals surface area contributed by atoms with Gasteiger partial charge in [0.1, 0.15) is 17.2 Å². The fourth-order valence-corrected chi connectivity index (χ4v) is 2.85. The van der Waals surface area contributed by atoms with Crippen LogP contribution in [0.15, 0.2) is 24.3 Å². The van der Waals surface area contributed by atoms with Crippen molar-refractivity contribution >= 4 is 11.6 Å². The normalized spacial score (nSPS) is 13.0. The molecule has 0 bridgehead atoms. The molecule has 112 valence electrons. The minimum Gasteiger partial charge on any atom is -0.507 e. The van der Waals surface area contributed by atoms with E-state index < -0.39 is 11.6 Å². The highest BCUT2D eigenvalue weighted by Crippen LogP contribution is 2.42. The highest BCUT2D eigenvalue weighted by molar-refractivity contribution is 6.31. The maximum Gasteiger partial charge on any atom is 0.202 e. The van der Waals surface area contributed by atoms with Gasteiger partial charge in [0.25, 0.3) is 0 Å². The van der Waals surface area contributed by atoms with E-state index in [-0.39, 0.29) is 39.5 Å². The summed E-state index contributed by atoms with van der Waals surface area (Å²) < 4.78 is 0. The van der Waals surface area contributed by atoms with Crippen LogP contribution in [0.25, 0.3) is 0 Å². The summed E-state index contributed by atoms with van der Waals surface area (Å²) in [6.45, 7) is 1.90. The number of hydrogen-bond donors (Lipinski definition) is 3. The summed E-state index contributed by atoms with van der Waals surface area (Å²) in [5.74, 6) is -2.20. The molecule has 22 heavy (non-hydrogen) atoms. The molecule has 0 atom stereocenters. The Bertz CT molecular complexity index is 820. The van der Waals surface area contributed by atoms with E-state index in [2.05, 4.69) is 0 Å². The molecule has 0 amide bonds. The highest BCUT2D eigenvalue weighted by Gasteiger charge is 2.37. The van der Waals surface area contributed by atoms with Crippen LogP contribution in [0.2, 0.25) is 0 Å². The number of carbonyl (C=O) groups excluding carboxylic acids is 2. The SMILES string of the molecule is CCCc1cc(O)c2c(c1O)C(=O)c1cccc(O)c1C2=O. The van der Waals surface area contributed by atoms with Gasteiger partial charge in [0.2, 0.25) is 5.78 Å². The second-order valence-corrected chi connectivity index (χ2v) is 5.26. The van der Waals surface area contributed by atoms with Crippen molar-refractivity contribution in [1.82, 2.24) is 0 Å². The Kier molecular flexibility index (Phi) is 3.13. The number of hydrogen-bond acceptors (Lipinski definition) is 5. The summed E-state index contributed by atoms with van der Waals surface area (Å²) in [5.41, 5.74) is -0.134. The van der Waals surface area contributed by atoms with Crippen LogP contribution in [0.5, 0.6) is 17.2 Å². The van der Waals surface area contributed by atoms with Crippen LogP contribution in [0.3, 0.4) is 0 Å². The first-order valence-corrected chi connectivity index (χ1v) is 6.96. The molecular formula is C17H14O5. The third-order valence-corrected chi connectivity index (χ3v) is 3.85. The largest absolute Gasteiger partial charge is 0.507 e. The lowest BCUT2D eigenvalue weighted by Gasteiger charge is -2.21. The Hall–Kier alpha value is -2.82. The molecule has 0 spiro atoms. The van der Waals surface area contributed by atoms with E-state index in [1.54, 1.807) is 0 Å². The van der Waals surface area contributed by atoms with Crippen LogP contribution < -0.4 is 0 Å². The van der Waals surface area contributed by atoms with Crippen molar-refractivity contribution in [3.63, 3.8) is 0 Å². The minimum atomic E-state index is -0.668. The molecule has 1 aliphatic carbocycles. The molecule has 0 radical (unpaired) electrons. The van der Waals surface area contributed by atoms with E-state index in [1.807, 2.05) is 6.92 Å². The van der Waals surface area contributed by atoms with Crippen LogP contribution in [0.4, 0.5) is 0 Å². The molecule has 0 heterocycles. The van der Waals surface area contributed by atoms with Gasteiger partial charge in [-0.3, -0.25) is 9.59 Å². The monoisotopic (exact) mass is 298 g/mol. The van der Waals surface area contributed by atoms with E-state index in [4.69, 9.17) is 0 Å². The number of benzene rings is 2. The molecule has 0 saturated heterocycles. The summed E-state index contributed by atoms with van der Waals surface area (Å²) in [5, 5.41) is 30.3. The van der Waals surface area contributed by atoms with E-state index in [0.717, 1.165) is 0 Å². The minimum absolute atomic E-state index is 0.0286. The number of carbonyl (C=O) groups is 2. The quantitative estimate of drug-likeness (QED) is 0.632. The molecule has 0 fully saturated rings. The summed E-state index contributed by atoms with van der Waals surface area (Å²) in [6.07, 6.45) is 1.19. The average Bonchev–Trinajstić information content (AvgIpc) is 2.48. The summed E-state index contributed by atoms with van der Waals surface area (Å²) in [6, 6.07) is 5.48. The zero-order valence-corrected chi connectivity index (χ0v) is 11.9. The lowest BCUT2D eigenvalue weighted by molar-refractivity contribution is 0.0971. The molecule has 5 nitrogen and oxygen atoms in total. The smallest absolute Gasteiger partial charge is 0.202 e. The zero-order chi connectivity index (χ0) is 16.0. The predicted octanol–water partition coefficient (Wildman–Crippen LogP) is 2.53. The Morgan fingerprint density at radius 3 is 2.32 bits per heavy atom. The van der Waals surface area contributed by atoms with E-state index in [1.165, 1.54) is 24.3 Å². The van der Waals surface area contributed by atoms with Gasteiger partial charge in [-0.05, 0) is 24.1 Å². The molecule has 0 aliphatic heterocycles. The molecule has 5 heteroatoms. The first-order chi connectivity index (χ1) is 10.5. The summed E-state index contributed by atoms with van der Waals surface area (Å²) in [7, 11) is 0. The van der Waals surface area contributed by atoms with Crippen LogP contribution in [0.1, 0.15) is 50.8 Å². The maximum absolute atomic E-state index is 12.6. The highest BCUT2D eigenvalue weighted by atomic mass is 16.3. The van der Waals surface area contributed by atoms with Crippen molar-refractivity contribution in [1.29, 1.82) is 0 Å². The van der Waals surface area contributed by atoms with E-state index in [9.17, 15) is 24.9 Å². The third-order valence-electron chi connectivity index (χ3n) is 3.85. The third kappa shape index (κ3) is 1.79. The van der Waals surface area contributed by atoms with Gasteiger partial charge < -0.3 is 15.3 Å². The van der Waals surface area contributed by atoms with Crippen LogP contribution in [-0.4, -0.2) is 26.9 Å². The topological polar surface area (TPSA) is 94.8 Å². The molecule has 1 aliphatic rings. The number of ketones is 2. The Morgan fingerprint density at radius 2 is 1.64 bits per heavy atom. The van der Waals surface area contributed by atoms with Gasteiger partial charge in [-0.15, -0.1) is 0 Å². The average molecular weight is 298 g/mol. The molecular weight excluding hydrogens is 284 g/mol. The molecule has 3 rings (SSSR count). The second kappa shape index (κ2) is 4.87. The number of rotatable bonds is 2. The van der Waals surface area contributed by atoms with Gasteiger partial charge in [0.15, 0.2) is 5.78 Å². The number of aromatic hydroxyl groups is 3. The number of aryl methyl sites for hydroxylation is 1. The molecule has 0 unspecified atom stereocenters. The lowest BCUT2D eigenvalue weighted by atomic mass is 9.81. The fourth-order valence-electron chi connectivity index (χ4n) is 2.85. The Morgan fingerprint density at radius 1 is 0.909 bits per heavy atom. The van der Waals surface area contributed by atoms with Crippen LogP contribution in [-0.2, 0) is 6.42 Å². The summed E-state index contributed by atoms with van der Waals surface area (Å²) in [4.78, 5) is 25.1. The summed E-state index contributed by atoms with van der Waals surface area (Å²) >= 11 is 0. The van der Waals surface area contributed by atoms with E-state index >= 15 is 0 Å². The van der Waals surface area contributed by atoms with Crippen molar-refractivity contribution in [2.24, 2.45) is 0 Å². The van der Waals surface area contributed by atoms with Crippen molar-refractivity contribution in [3.05, 3.63) is 52.1 Å². The van der Waals surface area contributed by atoms with Gasteiger partial charge in [0, 0.05) is 5.56 Å². The van der Waals surface area contributed by atoms with Gasteiger partial charge in [0.05, 0.1) is 16.7 Å². The lowest BCUT2D eigenvalue weighted by Crippen LogP contribution is -2.21.